The Morgan fingerprint density at radius 2 is 1.63 bits per heavy atom. The SMILES string of the molecule is Cc1ccc(C(C(=O)NC(C)C)N(C(=O)CCC(=O)Nc2ccccn2)c2ccccc2F)cc1. The van der Waals surface area contributed by atoms with Gasteiger partial charge in [-0.25, -0.2) is 9.37 Å². The Bertz CT molecular complexity index is 1170. The quantitative estimate of drug-likeness (QED) is 0.474. The highest BCUT2D eigenvalue weighted by Gasteiger charge is 2.34. The lowest BCUT2D eigenvalue weighted by atomic mass is 10.0. The van der Waals surface area contributed by atoms with Crippen molar-refractivity contribution in [3.05, 3.63) is 89.9 Å². The first-order valence-corrected chi connectivity index (χ1v) is 11.4. The molecule has 0 aliphatic heterocycles. The lowest BCUT2D eigenvalue weighted by molar-refractivity contribution is -0.127. The summed E-state index contributed by atoms with van der Waals surface area (Å²) in [5.74, 6) is -1.70. The normalized spacial score (nSPS) is 11.6. The van der Waals surface area contributed by atoms with E-state index in [2.05, 4.69) is 15.6 Å². The van der Waals surface area contributed by atoms with Crippen LogP contribution in [0.25, 0.3) is 0 Å². The predicted octanol–water partition coefficient (Wildman–Crippen LogP) is 4.55. The van der Waals surface area contributed by atoms with E-state index in [1.165, 1.54) is 18.2 Å². The van der Waals surface area contributed by atoms with Crippen molar-refractivity contribution >= 4 is 29.2 Å². The summed E-state index contributed by atoms with van der Waals surface area (Å²) in [4.78, 5) is 44.4. The van der Waals surface area contributed by atoms with Gasteiger partial charge in [-0.3, -0.25) is 19.3 Å². The highest BCUT2D eigenvalue weighted by molar-refractivity contribution is 6.03. The Kier molecular flexibility index (Phi) is 8.67. The molecule has 1 aromatic heterocycles. The molecule has 0 fully saturated rings. The maximum Gasteiger partial charge on any atom is 0.248 e. The van der Waals surface area contributed by atoms with Crippen LogP contribution < -0.4 is 15.5 Å². The minimum Gasteiger partial charge on any atom is -0.352 e. The van der Waals surface area contributed by atoms with Crippen LogP contribution in [0.3, 0.4) is 0 Å². The number of rotatable bonds is 9. The van der Waals surface area contributed by atoms with E-state index in [4.69, 9.17) is 0 Å². The fourth-order valence-corrected chi connectivity index (χ4v) is 3.58. The number of aryl methyl sites for hydroxylation is 1. The third-order valence-corrected chi connectivity index (χ3v) is 5.21. The van der Waals surface area contributed by atoms with Crippen molar-refractivity contribution in [3.63, 3.8) is 0 Å². The van der Waals surface area contributed by atoms with E-state index in [1.807, 2.05) is 19.1 Å². The van der Waals surface area contributed by atoms with E-state index in [0.717, 1.165) is 10.5 Å². The van der Waals surface area contributed by atoms with Crippen molar-refractivity contribution < 1.29 is 18.8 Å². The van der Waals surface area contributed by atoms with Gasteiger partial charge in [-0.15, -0.1) is 0 Å². The third-order valence-electron chi connectivity index (χ3n) is 5.21. The summed E-state index contributed by atoms with van der Waals surface area (Å²) in [5, 5.41) is 5.46. The molecule has 0 spiro atoms. The van der Waals surface area contributed by atoms with E-state index in [-0.39, 0.29) is 24.6 Å². The first-order chi connectivity index (χ1) is 16.8. The Hall–Kier alpha value is -4.07. The van der Waals surface area contributed by atoms with Gasteiger partial charge in [-0.2, -0.15) is 0 Å². The van der Waals surface area contributed by atoms with Crippen molar-refractivity contribution in [1.82, 2.24) is 10.3 Å². The number of hydrogen-bond donors (Lipinski definition) is 2. The number of aromatic nitrogens is 1. The van der Waals surface area contributed by atoms with Gasteiger partial charge < -0.3 is 10.6 Å². The number of halogens is 1. The molecule has 3 aromatic rings. The van der Waals surface area contributed by atoms with Gasteiger partial charge in [0.2, 0.25) is 17.7 Å². The van der Waals surface area contributed by atoms with Gasteiger partial charge in [0.25, 0.3) is 0 Å². The van der Waals surface area contributed by atoms with Crippen LogP contribution in [0.4, 0.5) is 15.9 Å². The molecule has 0 saturated heterocycles. The number of anilines is 2. The van der Waals surface area contributed by atoms with Gasteiger partial charge in [0.1, 0.15) is 17.7 Å². The van der Waals surface area contributed by atoms with Gasteiger partial charge in [0.15, 0.2) is 0 Å². The van der Waals surface area contributed by atoms with Crippen LogP contribution in [0, 0.1) is 12.7 Å². The van der Waals surface area contributed by atoms with E-state index in [0.29, 0.717) is 11.4 Å². The van der Waals surface area contributed by atoms with E-state index >= 15 is 0 Å². The molecule has 7 nitrogen and oxygen atoms in total. The summed E-state index contributed by atoms with van der Waals surface area (Å²) in [6.07, 6.45) is 1.15. The minimum atomic E-state index is -1.12. The number of nitrogens with zero attached hydrogens (tertiary/aromatic N) is 2. The van der Waals surface area contributed by atoms with Gasteiger partial charge in [-0.1, -0.05) is 48.0 Å². The first kappa shape index (κ1) is 25.6. The fraction of sp³-hybridized carbons (Fsp3) is 0.259. The van der Waals surface area contributed by atoms with Gasteiger partial charge in [-0.05, 0) is 50.6 Å². The second-order valence-corrected chi connectivity index (χ2v) is 8.45. The highest BCUT2D eigenvalue weighted by atomic mass is 19.1. The van der Waals surface area contributed by atoms with Crippen molar-refractivity contribution in [1.29, 1.82) is 0 Å². The predicted molar refractivity (Wildman–Crippen MR) is 133 cm³/mol. The first-order valence-electron chi connectivity index (χ1n) is 11.4. The molecule has 3 amide bonds. The number of hydrogen-bond acceptors (Lipinski definition) is 4. The van der Waals surface area contributed by atoms with E-state index < -0.39 is 29.6 Å². The summed E-state index contributed by atoms with van der Waals surface area (Å²) in [5.41, 5.74) is 1.47. The average Bonchev–Trinajstić information content (AvgIpc) is 2.82. The molecule has 0 aliphatic rings. The van der Waals surface area contributed by atoms with Crippen LogP contribution in [0.2, 0.25) is 0 Å². The van der Waals surface area contributed by atoms with Gasteiger partial charge in [0, 0.05) is 25.1 Å². The Balaban J connectivity index is 1.94. The van der Waals surface area contributed by atoms with Crippen LogP contribution in [0.1, 0.15) is 43.9 Å². The zero-order chi connectivity index (χ0) is 25.4. The monoisotopic (exact) mass is 476 g/mol. The Labute approximate surface area is 204 Å². The molecule has 0 saturated carbocycles. The molecule has 1 heterocycles. The average molecular weight is 477 g/mol. The second-order valence-electron chi connectivity index (χ2n) is 8.45. The number of carbonyl (C=O) groups is 3. The maximum atomic E-state index is 14.9. The fourth-order valence-electron chi connectivity index (χ4n) is 3.58. The van der Waals surface area contributed by atoms with Crippen LogP contribution >= 0.6 is 0 Å². The zero-order valence-electron chi connectivity index (χ0n) is 20.0. The number of nitrogens with one attached hydrogen (secondary N) is 2. The summed E-state index contributed by atoms with van der Waals surface area (Å²) in [7, 11) is 0. The summed E-state index contributed by atoms with van der Waals surface area (Å²) in [6, 6.07) is 16.7. The number of carbonyl (C=O) groups excluding carboxylic acids is 3. The molecule has 1 unspecified atom stereocenters. The lowest BCUT2D eigenvalue weighted by Gasteiger charge is -2.32. The smallest absolute Gasteiger partial charge is 0.248 e. The van der Waals surface area contributed by atoms with Crippen molar-refractivity contribution in [2.45, 2.75) is 45.7 Å². The molecular weight excluding hydrogens is 447 g/mol. The molecule has 35 heavy (non-hydrogen) atoms. The molecule has 2 N–H and O–H groups in total. The third kappa shape index (κ3) is 6.96. The Morgan fingerprint density at radius 3 is 2.26 bits per heavy atom. The lowest BCUT2D eigenvalue weighted by Crippen LogP contribution is -2.46. The van der Waals surface area contributed by atoms with Crippen LogP contribution in [0.5, 0.6) is 0 Å². The number of para-hydroxylation sites is 1. The molecule has 0 aliphatic carbocycles. The van der Waals surface area contributed by atoms with Crippen molar-refractivity contribution in [2.24, 2.45) is 0 Å². The zero-order valence-corrected chi connectivity index (χ0v) is 20.0. The molecule has 3 rings (SSSR count). The van der Waals surface area contributed by atoms with Gasteiger partial charge in [0.05, 0.1) is 5.69 Å². The summed E-state index contributed by atoms with van der Waals surface area (Å²) >= 11 is 0. The van der Waals surface area contributed by atoms with Crippen LogP contribution in [-0.4, -0.2) is 28.7 Å². The Morgan fingerprint density at radius 1 is 0.943 bits per heavy atom. The largest absolute Gasteiger partial charge is 0.352 e. The molecule has 2 aromatic carbocycles. The summed E-state index contributed by atoms with van der Waals surface area (Å²) < 4.78 is 14.9. The number of benzene rings is 2. The molecular formula is C27H29FN4O3. The molecule has 0 bridgehead atoms. The second kappa shape index (κ2) is 11.9. The number of pyridine rings is 1. The number of amides is 3. The van der Waals surface area contributed by atoms with E-state index in [9.17, 15) is 18.8 Å². The topological polar surface area (TPSA) is 91.4 Å². The van der Waals surface area contributed by atoms with Crippen molar-refractivity contribution in [3.8, 4) is 0 Å². The van der Waals surface area contributed by atoms with E-state index in [1.54, 1.807) is 56.4 Å². The summed E-state index contributed by atoms with van der Waals surface area (Å²) in [6.45, 7) is 5.52. The van der Waals surface area contributed by atoms with Crippen LogP contribution in [-0.2, 0) is 14.4 Å². The standard InChI is InChI=1S/C27H29FN4O3/c1-18(2)30-27(35)26(20-13-11-19(3)12-14-20)32(22-9-5-4-8-21(22)28)25(34)16-15-24(33)31-23-10-6-7-17-29-23/h4-14,17-18,26H,15-16H2,1-3H3,(H,30,35)(H,29,31,33). The van der Waals surface area contributed by atoms with Crippen molar-refractivity contribution in [2.75, 3.05) is 10.2 Å². The van der Waals surface area contributed by atoms with Crippen LogP contribution in [0.15, 0.2) is 72.9 Å². The van der Waals surface area contributed by atoms with Gasteiger partial charge >= 0.3 is 0 Å². The molecule has 8 heteroatoms. The molecule has 0 radical (unpaired) electrons. The maximum absolute atomic E-state index is 14.9. The molecule has 1 atom stereocenters. The highest BCUT2D eigenvalue weighted by Crippen LogP contribution is 2.31. The molecule has 182 valence electrons. The minimum absolute atomic E-state index is 0.0351.